The zero-order valence-electron chi connectivity index (χ0n) is 19.2. The number of halogens is 3. The number of anilines is 4. The molecule has 4 aromatic rings. The molecule has 4 heterocycles. The summed E-state index contributed by atoms with van der Waals surface area (Å²) >= 11 is 0. The molecule has 10 nitrogen and oxygen atoms in total. The number of fused-ring (bicyclic) bond motifs is 1. The van der Waals surface area contributed by atoms with Crippen LogP contribution in [0.3, 0.4) is 0 Å². The molecule has 188 valence electrons. The Morgan fingerprint density at radius 2 is 1.92 bits per heavy atom. The minimum absolute atomic E-state index is 0.0489. The number of pyridine rings is 1. The number of benzene rings is 1. The van der Waals surface area contributed by atoms with Gasteiger partial charge in [0.15, 0.2) is 21.3 Å². The molecular formula is C22H21F3N8O2S. The number of nitrogens with two attached hydrogens (primary N) is 1. The van der Waals surface area contributed by atoms with Gasteiger partial charge in [-0.3, -0.25) is 5.10 Å². The second kappa shape index (κ2) is 8.33. The number of hydrogen-bond donors (Lipinski definition) is 2. The van der Waals surface area contributed by atoms with Crippen LogP contribution in [0.5, 0.6) is 0 Å². The van der Waals surface area contributed by atoms with Crippen molar-refractivity contribution >= 4 is 44.1 Å². The highest BCUT2D eigenvalue weighted by Crippen LogP contribution is 2.39. The molecule has 0 bridgehead atoms. The molecule has 0 spiro atoms. The van der Waals surface area contributed by atoms with Gasteiger partial charge in [0.1, 0.15) is 11.6 Å². The van der Waals surface area contributed by atoms with Crippen LogP contribution in [0.1, 0.15) is 6.42 Å². The topological polar surface area (TPSA) is 134 Å². The van der Waals surface area contributed by atoms with Crippen molar-refractivity contribution < 1.29 is 21.6 Å². The minimum atomic E-state index is -3.69. The van der Waals surface area contributed by atoms with Crippen LogP contribution in [0, 0.1) is 5.82 Å². The van der Waals surface area contributed by atoms with E-state index in [1.165, 1.54) is 34.2 Å². The van der Waals surface area contributed by atoms with Crippen LogP contribution < -0.4 is 15.5 Å². The third-order valence-corrected chi connectivity index (χ3v) is 7.04. The molecule has 5 rings (SSSR count). The number of rotatable bonds is 5. The molecule has 1 aromatic carbocycles. The number of aromatic nitrogens is 5. The Morgan fingerprint density at radius 3 is 2.61 bits per heavy atom. The van der Waals surface area contributed by atoms with Crippen LogP contribution in [-0.4, -0.2) is 65.9 Å². The van der Waals surface area contributed by atoms with E-state index in [-0.39, 0.29) is 35.4 Å². The molecule has 14 heteroatoms. The Bertz CT molecular complexity index is 1590. The van der Waals surface area contributed by atoms with Crippen molar-refractivity contribution in [1.29, 1.82) is 0 Å². The van der Waals surface area contributed by atoms with Crippen LogP contribution >= 0.6 is 0 Å². The number of hydrogen-bond acceptors (Lipinski definition) is 9. The van der Waals surface area contributed by atoms with E-state index in [1.807, 2.05) is 0 Å². The van der Waals surface area contributed by atoms with Crippen LogP contribution in [0.2, 0.25) is 0 Å². The first-order valence-electron chi connectivity index (χ1n) is 10.8. The fourth-order valence-corrected chi connectivity index (χ4v) is 4.83. The molecule has 0 amide bonds. The van der Waals surface area contributed by atoms with Gasteiger partial charge in [0.2, 0.25) is 5.95 Å². The first-order chi connectivity index (χ1) is 16.9. The van der Waals surface area contributed by atoms with Crippen LogP contribution in [0.15, 0.2) is 41.6 Å². The third-order valence-electron chi connectivity index (χ3n) is 5.95. The summed E-state index contributed by atoms with van der Waals surface area (Å²) in [6.07, 6.45) is 3.17. The number of alkyl halides is 2. The van der Waals surface area contributed by atoms with Gasteiger partial charge < -0.3 is 15.5 Å². The van der Waals surface area contributed by atoms with Crippen molar-refractivity contribution in [2.75, 3.05) is 41.9 Å². The number of nitrogens with one attached hydrogen (secondary N) is 1. The molecule has 36 heavy (non-hydrogen) atoms. The SMILES string of the molecule is CN(c1nc(N)ncc1-c1cc(N2CCC(F)(F)C2)cc(S(C)(=O)=O)c1)c1n[nH]c2ncc(F)cc12. The first-order valence-corrected chi connectivity index (χ1v) is 12.6. The maximum absolute atomic E-state index is 13.9. The summed E-state index contributed by atoms with van der Waals surface area (Å²) in [5, 5.41) is 7.32. The predicted octanol–water partition coefficient (Wildman–Crippen LogP) is 3.15. The molecule has 0 atom stereocenters. The Hall–Kier alpha value is -3.94. The maximum Gasteiger partial charge on any atom is 0.266 e. The first kappa shape index (κ1) is 23.8. The highest BCUT2D eigenvalue weighted by molar-refractivity contribution is 7.90. The molecule has 0 radical (unpaired) electrons. The molecule has 1 aliphatic heterocycles. The summed E-state index contributed by atoms with van der Waals surface area (Å²) in [4.78, 5) is 15.3. The number of sulfone groups is 1. The fraction of sp³-hybridized carbons (Fsp3) is 0.273. The summed E-state index contributed by atoms with van der Waals surface area (Å²) < 4.78 is 66.7. The lowest BCUT2D eigenvalue weighted by molar-refractivity contribution is 0.0257. The summed E-state index contributed by atoms with van der Waals surface area (Å²) in [5.74, 6) is -2.97. The fourth-order valence-electron chi connectivity index (χ4n) is 4.16. The summed E-state index contributed by atoms with van der Waals surface area (Å²) in [5.41, 5.74) is 7.26. The zero-order chi connectivity index (χ0) is 25.8. The molecule has 1 saturated heterocycles. The van der Waals surface area contributed by atoms with E-state index < -0.39 is 28.1 Å². The van der Waals surface area contributed by atoms with E-state index in [4.69, 9.17) is 5.73 Å². The number of nitrogens with zero attached hydrogens (tertiary/aromatic N) is 6. The van der Waals surface area contributed by atoms with Gasteiger partial charge >= 0.3 is 0 Å². The average molecular weight is 519 g/mol. The van der Waals surface area contributed by atoms with Gasteiger partial charge in [0.25, 0.3) is 5.92 Å². The van der Waals surface area contributed by atoms with Gasteiger partial charge in [0.05, 0.1) is 23.0 Å². The summed E-state index contributed by atoms with van der Waals surface area (Å²) in [7, 11) is -2.07. The Balaban J connectivity index is 1.67. The van der Waals surface area contributed by atoms with Crippen molar-refractivity contribution in [3.05, 3.63) is 42.5 Å². The predicted molar refractivity (Wildman–Crippen MR) is 129 cm³/mol. The standard InChI is InChI=1S/C22H21F3N8O2S/c1-32(20-16-7-13(23)9-27-18(16)30-31-20)19-17(10-28-21(26)29-19)12-5-14(8-15(6-12)36(2,34)35)33-4-3-22(24,25)11-33/h5-10H,3-4,11H2,1-2H3,(H2,26,28,29)(H,27,30,31). The lowest BCUT2D eigenvalue weighted by Crippen LogP contribution is -2.25. The average Bonchev–Trinajstić information content (AvgIpc) is 3.40. The third kappa shape index (κ3) is 4.39. The van der Waals surface area contributed by atoms with E-state index in [2.05, 4.69) is 25.1 Å². The van der Waals surface area contributed by atoms with Crippen molar-refractivity contribution in [1.82, 2.24) is 25.1 Å². The number of aromatic amines is 1. The van der Waals surface area contributed by atoms with E-state index in [0.717, 1.165) is 12.5 Å². The van der Waals surface area contributed by atoms with Gasteiger partial charge in [-0.05, 0) is 29.8 Å². The largest absolute Gasteiger partial charge is 0.368 e. The second-order valence-corrected chi connectivity index (χ2v) is 10.7. The molecule has 0 saturated carbocycles. The quantitative estimate of drug-likeness (QED) is 0.409. The molecular weight excluding hydrogens is 497 g/mol. The van der Waals surface area contributed by atoms with E-state index in [1.54, 1.807) is 13.1 Å². The summed E-state index contributed by atoms with van der Waals surface area (Å²) in [6.45, 7) is -0.453. The van der Waals surface area contributed by atoms with Crippen molar-refractivity contribution in [2.24, 2.45) is 0 Å². The smallest absolute Gasteiger partial charge is 0.266 e. The molecule has 3 N–H and O–H groups in total. The van der Waals surface area contributed by atoms with Crippen LogP contribution in [-0.2, 0) is 9.84 Å². The van der Waals surface area contributed by atoms with Crippen molar-refractivity contribution in [2.45, 2.75) is 17.2 Å². The van der Waals surface area contributed by atoms with Gasteiger partial charge in [-0.25, -0.2) is 31.6 Å². The molecule has 0 aliphatic carbocycles. The van der Waals surface area contributed by atoms with E-state index >= 15 is 0 Å². The molecule has 1 aliphatic rings. The Labute approximate surface area is 203 Å². The zero-order valence-corrected chi connectivity index (χ0v) is 20.0. The van der Waals surface area contributed by atoms with Gasteiger partial charge in [-0.2, -0.15) is 10.1 Å². The highest BCUT2D eigenvalue weighted by atomic mass is 32.2. The Kier molecular flexibility index (Phi) is 5.50. The second-order valence-electron chi connectivity index (χ2n) is 8.64. The lowest BCUT2D eigenvalue weighted by Gasteiger charge is -2.22. The molecule has 3 aromatic heterocycles. The summed E-state index contributed by atoms with van der Waals surface area (Å²) in [6, 6.07) is 5.66. The van der Waals surface area contributed by atoms with Gasteiger partial charge in [-0.1, -0.05) is 0 Å². The monoisotopic (exact) mass is 518 g/mol. The number of nitrogen functional groups attached to an aromatic ring is 1. The number of H-pyrrole nitrogens is 1. The maximum atomic E-state index is 13.9. The van der Waals surface area contributed by atoms with E-state index in [9.17, 15) is 21.6 Å². The lowest BCUT2D eigenvalue weighted by atomic mass is 10.1. The van der Waals surface area contributed by atoms with Crippen molar-refractivity contribution in [3.63, 3.8) is 0 Å². The van der Waals surface area contributed by atoms with Crippen LogP contribution in [0.25, 0.3) is 22.2 Å². The van der Waals surface area contributed by atoms with Crippen molar-refractivity contribution in [3.8, 4) is 11.1 Å². The van der Waals surface area contributed by atoms with Gasteiger partial charge in [-0.15, -0.1) is 0 Å². The van der Waals surface area contributed by atoms with E-state index in [0.29, 0.717) is 27.8 Å². The van der Waals surface area contributed by atoms with Gasteiger partial charge in [0, 0.05) is 43.7 Å². The van der Waals surface area contributed by atoms with Crippen LogP contribution in [0.4, 0.5) is 36.4 Å². The minimum Gasteiger partial charge on any atom is -0.368 e. The normalized spacial score (nSPS) is 15.5. The molecule has 1 fully saturated rings. The molecule has 0 unspecified atom stereocenters. The highest BCUT2D eigenvalue weighted by Gasteiger charge is 2.38. The Morgan fingerprint density at radius 1 is 1.14 bits per heavy atom.